The molecule has 1 aromatic rings. The fourth-order valence-electron chi connectivity index (χ4n) is 2.68. The molecule has 1 N–H and O–H groups in total. The van der Waals surface area contributed by atoms with Crippen LogP contribution in [-0.4, -0.2) is 55.6 Å². The average molecular weight is 279 g/mol. The lowest BCUT2D eigenvalue weighted by molar-refractivity contribution is -0.0778. The molecule has 1 fully saturated rings. The predicted octanol–water partition coefficient (Wildman–Crippen LogP) is 1.71. The second kappa shape index (κ2) is 7.62. The number of nitrogens with zero attached hydrogens (tertiary/aromatic N) is 1. The number of aliphatic hydroxyl groups excluding tert-OH is 1. The Morgan fingerprint density at radius 2 is 2.20 bits per heavy atom. The standard InChI is InChI=1S/C16H25NO3/c1-13-12-20-15(11-18)10-17(13)9-5-7-14-6-3-4-8-16(14)19-2/h3-4,6,8,13,15,18H,5,7,9-12H2,1-2H3. The summed E-state index contributed by atoms with van der Waals surface area (Å²) in [4.78, 5) is 2.40. The molecule has 0 spiro atoms. The molecule has 2 rings (SSSR count). The van der Waals surface area contributed by atoms with Gasteiger partial charge in [-0.25, -0.2) is 0 Å². The highest BCUT2D eigenvalue weighted by Crippen LogP contribution is 2.19. The van der Waals surface area contributed by atoms with Gasteiger partial charge < -0.3 is 14.6 Å². The van der Waals surface area contributed by atoms with Crippen LogP contribution in [0.3, 0.4) is 0 Å². The van der Waals surface area contributed by atoms with Crippen LogP contribution in [0, 0.1) is 0 Å². The Bertz CT molecular complexity index is 410. The zero-order valence-corrected chi connectivity index (χ0v) is 12.4. The van der Waals surface area contributed by atoms with Crippen molar-refractivity contribution in [2.75, 3.05) is 33.4 Å². The lowest BCUT2D eigenvalue weighted by atomic mass is 10.1. The molecular weight excluding hydrogens is 254 g/mol. The molecule has 2 unspecified atom stereocenters. The molecule has 4 heteroatoms. The molecule has 1 aliphatic rings. The Hall–Kier alpha value is -1.10. The van der Waals surface area contributed by atoms with Gasteiger partial charge in [0.05, 0.1) is 26.4 Å². The first-order chi connectivity index (χ1) is 9.74. The minimum Gasteiger partial charge on any atom is -0.496 e. The van der Waals surface area contributed by atoms with Crippen LogP contribution in [0.15, 0.2) is 24.3 Å². The van der Waals surface area contributed by atoms with Crippen molar-refractivity contribution in [3.63, 3.8) is 0 Å². The summed E-state index contributed by atoms with van der Waals surface area (Å²) in [7, 11) is 1.72. The second-order valence-electron chi connectivity index (χ2n) is 5.40. The fourth-order valence-corrected chi connectivity index (χ4v) is 2.68. The summed E-state index contributed by atoms with van der Waals surface area (Å²) in [5, 5.41) is 9.20. The minimum absolute atomic E-state index is 0.0301. The summed E-state index contributed by atoms with van der Waals surface area (Å²) in [6, 6.07) is 8.61. The lowest BCUT2D eigenvalue weighted by Crippen LogP contribution is -2.49. The van der Waals surface area contributed by atoms with Gasteiger partial charge in [-0.3, -0.25) is 4.90 Å². The highest BCUT2D eigenvalue weighted by atomic mass is 16.5. The molecule has 1 aromatic carbocycles. The van der Waals surface area contributed by atoms with Crippen LogP contribution in [0.25, 0.3) is 0 Å². The number of hydrogen-bond donors (Lipinski definition) is 1. The van der Waals surface area contributed by atoms with Gasteiger partial charge in [0.25, 0.3) is 0 Å². The van der Waals surface area contributed by atoms with E-state index < -0.39 is 0 Å². The number of morpholine rings is 1. The zero-order valence-electron chi connectivity index (χ0n) is 12.4. The Morgan fingerprint density at radius 3 is 2.95 bits per heavy atom. The van der Waals surface area contributed by atoms with E-state index in [-0.39, 0.29) is 12.7 Å². The Morgan fingerprint density at radius 1 is 1.40 bits per heavy atom. The van der Waals surface area contributed by atoms with Gasteiger partial charge in [0.15, 0.2) is 0 Å². The molecule has 0 saturated carbocycles. The van der Waals surface area contributed by atoms with Gasteiger partial charge in [-0.15, -0.1) is 0 Å². The third-order valence-corrected chi connectivity index (χ3v) is 3.92. The molecule has 0 bridgehead atoms. The molecule has 0 aromatic heterocycles. The highest BCUT2D eigenvalue weighted by Gasteiger charge is 2.24. The van der Waals surface area contributed by atoms with Crippen LogP contribution < -0.4 is 4.74 Å². The van der Waals surface area contributed by atoms with E-state index in [9.17, 15) is 5.11 Å². The van der Waals surface area contributed by atoms with E-state index in [1.54, 1.807) is 7.11 Å². The lowest BCUT2D eigenvalue weighted by Gasteiger charge is -2.37. The quantitative estimate of drug-likeness (QED) is 0.861. The number of ether oxygens (including phenoxy) is 2. The fraction of sp³-hybridized carbons (Fsp3) is 0.625. The van der Waals surface area contributed by atoms with Crippen LogP contribution in [0.2, 0.25) is 0 Å². The summed E-state index contributed by atoms with van der Waals surface area (Å²) >= 11 is 0. The first-order valence-corrected chi connectivity index (χ1v) is 7.33. The summed E-state index contributed by atoms with van der Waals surface area (Å²) in [5.41, 5.74) is 1.26. The summed E-state index contributed by atoms with van der Waals surface area (Å²) in [6.45, 7) is 4.84. The van der Waals surface area contributed by atoms with Gasteiger partial charge in [-0.2, -0.15) is 0 Å². The minimum atomic E-state index is -0.0301. The number of para-hydroxylation sites is 1. The molecule has 112 valence electrons. The van der Waals surface area contributed by atoms with Crippen LogP contribution >= 0.6 is 0 Å². The van der Waals surface area contributed by atoms with Gasteiger partial charge in [0.2, 0.25) is 0 Å². The van der Waals surface area contributed by atoms with Crippen molar-refractivity contribution in [1.29, 1.82) is 0 Å². The summed E-state index contributed by atoms with van der Waals surface area (Å²) in [6.07, 6.45) is 2.07. The van der Waals surface area contributed by atoms with E-state index >= 15 is 0 Å². The smallest absolute Gasteiger partial charge is 0.122 e. The van der Waals surface area contributed by atoms with E-state index in [2.05, 4.69) is 24.0 Å². The summed E-state index contributed by atoms with van der Waals surface area (Å²) in [5.74, 6) is 0.968. The third-order valence-electron chi connectivity index (χ3n) is 3.92. The maximum absolute atomic E-state index is 9.20. The molecule has 2 atom stereocenters. The van der Waals surface area contributed by atoms with Crippen molar-refractivity contribution in [3.8, 4) is 5.75 Å². The maximum Gasteiger partial charge on any atom is 0.122 e. The molecule has 4 nitrogen and oxygen atoms in total. The van der Waals surface area contributed by atoms with Crippen molar-refractivity contribution in [2.45, 2.75) is 31.9 Å². The van der Waals surface area contributed by atoms with E-state index in [1.165, 1.54) is 5.56 Å². The molecule has 0 radical (unpaired) electrons. The van der Waals surface area contributed by atoms with Gasteiger partial charge >= 0.3 is 0 Å². The van der Waals surface area contributed by atoms with Crippen molar-refractivity contribution in [2.24, 2.45) is 0 Å². The monoisotopic (exact) mass is 279 g/mol. The van der Waals surface area contributed by atoms with Crippen LogP contribution in [0.1, 0.15) is 18.9 Å². The first-order valence-electron chi connectivity index (χ1n) is 7.33. The molecule has 0 amide bonds. The number of methoxy groups -OCH3 is 1. The maximum atomic E-state index is 9.20. The van der Waals surface area contributed by atoms with E-state index in [0.717, 1.165) is 31.7 Å². The Kier molecular flexibility index (Phi) is 5.83. The number of aryl methyl sites for hydroxylation is 1. The normalized spacial score (nSPS) is 23.8. The molecule has 1 aliphatic heterocycles. The van der Waals surface area contributed by atoms with Crippen molar-refractivity contribution in [1.82, 2.24) is 4.90 Å². The molecule has 0 aliphatic carbocycles. The van der Waals surface area contributed by atoms with Crippen LogP contribution in [-0.2, 0) is 11.2 Å². The van der Waals surface area contributed by atoms with E-state index in [1.807, 2.05) is 12.1 Å². The molecule has 1 saturated heterocycles. The van der Waals surface area contributed by atoms with Crippen molar-refractivity contribution < 1.29 is 14.6 Å². The third kappa shape index (κ3) is 3.95. The van der Waals surface area contributed by atoms with Gasteiger partial charge in [0, 0.05) is 12.6 Å². The topological polar surface area (TPSA) is 41.9 Å². The molecular formula is C16H25NO3. The van der Waals surface area contributed by atoms with Gasteiger partial charge in [-0.1, -0.05) is 18.2 Å². The second-order valence-corrected chi connectivity index (χ2v) is 5.40. The Labute approximate surface area is 121 Å². The number of aliphatic hydroxyl groups is 1. The predicted molar refractivity (Wildman–Crippen MR) is 79.2 cm³/mol. The largest absolute Gasteiger partial charge is 0.496 e. The average Bonchev–Trinajstić information content (AvgIpc) is 2.49. The van der Waals surface area contributed by atoms with E-state index in [4.69, 9.17) is 9.47 Å². The number of rotatable bonds is 6. The molecule has 20 heavy (non-hydrogen) atoms. The van der Waals surface area contributed by atoms with Crippen molar-refractivity contribution >= 4 is 0 Å². The van der Waals surface area contributed by atoms with Gasteiger partial charge in [0.1, 0.15) is 5.75 Å². The summed E-state index contributed by atoms with van der Waals surface area (Å²) < 4.78 is 10.9. The SMILES string of the molecule is COc1ccccc1CCCN1CC(CO)OCC1C. The zero-order chi connectivity index (χ0) is 14.4. The number of hydrogen-bond acceptors (Lipinski definition) is 4. The van der Waals surface area contributed by atoms with Crippen LogP contribution in [0.5, 0.6) is 5.75 Å². The number of benzene rings is 1. The Balaban J connectivity index is 1.82. The first kappa shape index (κ1) is 15.3. The highest BCUT2D eigenvalue weighted by molar-refractivity contribution is 5.33. The van der Waals surface area contributed by atoms with Gasteiger partial charge in [-0.05, 0) is 37.9 Å². The van der Waals surface area contributed by atoms with E-state index in [0.29, 0.717) is 12.6 Å². The van der Waals surface area contributed by atoms with Crippen LogP contribution in [0.4, 0.5) is 0 Å². The van der Waals surface area contributed by atoms with Crippen molar-refractivity contribution in [3.05, 3.63) is 29.8 Å². The molecule has 1 heterocycles.